The Morgan fingerprint density at radius 2 is 1.07 bits per heavy atom. The van der Waals surface area contributed by atoms with Crippen molar-refractivity contribution in [2.45, 2.75) is 112 Å². The molecule has 0 heterocycles. The molecular formula is C21H45N4O2PSi. The van der Waals surface area contributed by atoms with E-state index in [1.807, 2.05) is 6.07 Å². The normalized spacial score (nSPS) is 12.1. The Labute approximate surface area is 183 Å². The molecule has 0 fully saturated rings. The summed E-state index contributed by atoms with van der Waals surface area (Å²) in [6.45, 7) is 25.1. The topological polar surface area (TPSA) is 72.5 Å². The maximum atomic E-state index is 8.74. The van der Waals surface area contributed by atoms with Crippen molar-refractivity contribution in [2.75, 3.05) is 13.2 Å². The zero-order chi connectivity index (χ0) is 23.2. The molecule has 0 rings (SSSR count). The summed E-state index contributed by atoms with van der Waals surface area (Å²) in [6, 6.07) is 5.88. The smallest absolute Gasteiger partial charge is 0.188 e. The molecule has 0 aliphatic carbocycles. The lowest BCUT2D eigenvalue weighted by molar-refractivity contribution is 0.189. The van der Waals surface area contributed by atoms with Crippen LogP contribution in [0.2, 0.25) is 19.6 Å². The Morgan fingerprint density at radius 3 is 1.34 bits per heavy atom. The summed E-state index contributed by atoms with van der Waals surface area (Å²) in [5, 5.41) is 16.9. The van der Waals surface area contributed by atoms with Crippen LogP contribution in [0.3, 0.4) is 0 Å². The summed E-state index contributed by atoms with van der Waals surface area (Å²) in [7, 11) is -2.19. The van der Waals surface area contributed by atoms with Crippen LogP contribution in [0.4, 0.5) is 0 Å². The molecule has 0 N–H and O–H groups in total. The highest BCUT2D eigenvalue weighted by atomic mass is 31.2. The second-order valence-electron chi connectivity index (χ2n) is 9.00. The largest absolute Gasteiger partial charge is 0.417 e. The highest BCUT2D eigenvalue weighted by Gasteiger charge is 2.34. The summed E-state index contributed by atoms with van der Waals surface area (Å²) < 4.78 is 16.4. The van der Waals surface area contributed by atoms with Crippen LogP contribution in [0, 0.1) is 22.7 Å². The van der Waals surface area contributed by atoms with Crippen molar-refractivity contribution in [3.8, 4) is 12.1 Å². The molecule has 29 heavy (non-hydrogen) atoms. The second-order valence-corrected chi connectivity index (χ2v) is 15.2. The average molecular weight is 445 g/mol. The average Bonchev–Trinajstić information content (AvgIpc) is 2.53. The maximum absolute atomic E-state index is 8.74. The molecule has 0 unspecified atom stereocenters. The minimum Gasteiger partial charge on any atom is -0.417 e. The Balaban J connectivity index is 0. The van der Waals surface area contributed by atoms with Crippen LogP contribution in [-0.4, -0.2) is 55.0 Å². The molecule has 0 aromatic rings. The third kappa shape index (κ3) is 15.0. The van der Waals surface area contributed by atoms with E-state index in [4.69, 9.17) is 19.5 Å². The summed E-state index contributed by atoms with van der Waals surface area (Å²) in [5.41, 5.74) is 0. The van der Waals surface area contributed by atoms with Crippen LogP contribution in [0.5, 0.6) is 0 Å². The van der Waals surface area contributed by atoms with Crippen LogP contribution in [-0.2, 0) is 8.95 Å². The molecular weight excluding hydrogens is 399 g/mol. The molecule has 0 saturated heterocycles. The molecule has 0 aromatic carbocycles. The fourth-order valence-electron chi connectivity index (χ4n) is 2.81. The van der Waals surface area contributed by atoms with Crippen molar-refractivity contribution in [1.29, 1.82) is 10.5 Å². The van der Waals surface area contributed by atoms with Gasteiger partial charge < -0.3 is 8.95 Å². The summed E-state index contributed by atoms with van der Waals surface area (Å²) in [4.78, 5) is 0. The first-order valence-electron chi connectivity index (χ1n) is 10.7. The van der Waals surface area contributed by atoms with Crippen LogP contribution in [0.25, 0.3) is 0 Å². The minimum atomic E-state index is -1.35. The molecule has 0 spiro atoms. The molecule has 0 saturated carbocycles. The van der Waals surface area contributed by atoms with Gasteiger partial charge in [-0.15, -0.1) is 0 Å². The second kappa shape index (κ2) is 16.2. The lowest BCUT2D eigenvalue weighted by atomic mass is 10.3. The molecule has 8 heteroatoms. The van der Waals surface area contributed by atoms with Gasteiger partial charge in [-0.05, 0) is 75.0 Å². The van der Waals surface area contributed by atoms with E-state index in [-0.39, 0.29) is 0 Å². The van der Waals surface area contributed by atoms with E-state index in [2.05, 4.69) is 90.4 Å². The first-order chi connectivity index (χ1) is 13.3. The van der Waals surface area contributed by atoms with E-state index >= 15 is 0 Å². The molecule has 0 aliphatic rings. The van der Waals surface area contributed by atoms with Crippen molar-refractivity contribution in [2.24, 2.45) is 0 Å². The van der Waals surface area contributed by atoms with Crippen LogP contribution >= 0.6 is 8.45 Å². The van der Waals surface area contributed by atoms with Crippen molar-refractivity contribution in [3.63, 3.8) is 0 Å². The van der Waals surface area contributed by atoms with Gasteiger partial charge in [0.05, 0.1) is 31.6 Å². The molecule has 0 amide bonds. The van der Waals surface area contributed by atoms with Gasteiger partial charge in [0.2, 0.25) is 0 Å². The van der Waals surface area contributed by atoms with Gasteiger partial charge in [0.25, 0.3) is 0 Å². The first-order valence-corrected chi connectivity index (χ1v) is 15.2. The minimum absolute atomic E-state index is 0.420. The van der Waals surface area contributed by atoms with Crippen molar-refractivity contribution in [3.05, 3.63) is 0 Å². The van der Waals surface area contributed by atoms with Gasteiger partial charge in [0.15, 0.2) is 16.8 Å². The molecule has 0 radical (unpaired) electrons. The van der Waals surface area contributed by atoms with E-state index in [0.717, 1.165) is 0 Å². The SMILES string of the molecule is CC(C)N(C(C)C)P(OCCC#N)N(C(C)C)C(C)C.C[Si](C)(C)OCCC#N. The highest BCUT2D eigenvalue weighted by molar-refractivity contribution is 7.47. The number of nitriles is 2. The number of nitrogens with zero attached hydrogens (tertiary/aromatic N) is 4. The number of rotatable bonds is 12. The third-order valence-corrected chi connectivity index (χ3v) is 7.80. The van der Waals surface area contributed by atoms with Crippen LogP contribution in [0.15, 0.2) is 0 Å². The molecule has 0 aromatic heterocycles. The van der Waals surface area contributed by atoms with Gasteiger partial charge in [0.1, 0.15) is 0 Å². The van der Waals surface area contributed by atoms with Crippen LogP contribution < -0.4 is 0 Å². The van der Waals surface area contributed by atoms with Crippen molar-refractivity contribution in [1.82, 2.24) is 9.34 Å². The van der Waals surface area contributed by atoms with Gasteiger partial charge in [-0.3, -0.25) is 0 Å². The fourth-order valence-corrected chi connectivity index (χ4v) is 5.87. The van der Waals surface area contributed by atoms with E-state index in [1.54, 1.807) is 0 Å². The van der Waals surface area contributed by atoms with E-state index in [9.17, 15) is 0 Å². The van der Waals surface area contributed by atoms with Gasteiger partial charge in [-0.1, -0.05) is 0 Å². The van der Waals surface area contributed by atoms with E-state index < -0.39 is 16.8 Å². The number of hydrogen-bond donors (Lipinski definition) is 0. The fraction of sp³-hybridized carbons (Fsp3) is 0.905. The molecule has 0 aliphatic heterocycles. The lowest BCUT2D eigenvalue weighted by Crippen LogP contribution is -2.43. The van der Waals surface area contributed by atoms with Gasteiger partial charge in [-0.2, -0.15) is 10.5 Å². The van der Waals surface area contributed by atoms with Gasteiger partial charge in [0, 0.05) is 30.8 Å². The lowest BCUT2D eigenvalue weighted by Gasteiger charge is -2.45. The molecule has 0 atom stereocenters. The highest BCUT2D eigenvalue weighted by Crippen LogP contribution is 2.50. The van der Waals surface area contributed by atoms with Crippen LogP contribution in [0.1, 0.15) is 68.2 Å². The Kier molecular flexibility index (Phi) is 17.1. The summed E-state index contributed by atoms with van der Waals surface area (Å²) >= 11 is 0. The molecule has 6 nitrogen and oxygen atoms in total. The zero-order valence-electron chi connectivity index (χ0n) is 20.7. The predicted octanol–water partition coefficient (Wildman–Crippen LogP) is 6.13. The Morgan fingerprint density at radius 1 is 0.724 bits per heavy atom. The number of hydrogen-bond acceptors (Lipinski definition) is 6. The Hall–Kier alpha value is -0.533. The summed E-state index contributed by atoms with van der Waals surface area (Å²) in [6.07, 6.45) is 0.969. The first kappa shape index (κ1) is 30.7. The quantitative estimate of drug-likeness (QED) is 0.205. The monoisotopic (exact) mass is 444 g/mol. The standard InChI is InChI=1S/C15H32N3OP.C6H13NOSi/c1-12(2)17(13(3)4)20(19-11-9-10-16)18(14(5)6)15(7)8;1-9(2,3)8-6-4-5-7/h12-15H,9,11H2,1-8H3;4,6H2,1-3H3. The maximum Gasteiger partial charge on any atom is 0.188 e. The molecule has 0 bridgehead atoms. The summed E-state index contributed by atoms with van der Waals surface area (Å²) in [5.74, 6) is 0. The van der Waals surface area contributed by atoms with Gasteiger partial charge in [-0.25, -0.2) is 9.34 Å². The molecule has 170 valence electrons. The predicted molar refractivity (Wildman–Crippen MR) is 127 cm³/mol. The van der Waals surface area contributed by atoms with Gasteiger partial charge >= 0.3 is 0 Å². The third-order valence-electron chi connectivity index (χ3n) is 3.68. The van der Waals surface area contributed by atoms with Crippen molar-refractivity contribution < 1.29 is 8.95 Å². The zero-order valence-corrected chi connectivity index (χ0v) is 22.6. The van der Waals surface area contributed by atoms with E-state index in [0.29, 0.717) is 50.2 Å². The van der Waals surface area contributed by atoms with E-state index in [1.165, 1.54) is 0 Å². The van der Waals surface area contributed by atoms with Crippen molar-refractivity contribution >= 4 is 16.8 Å². The Bertz CT molecular complexity index is 460.